The van der Waals surface area contributed by atoms with Crippen molar-refractivity contribution in [2.24, 2.45) is 0 Å². The van der Waals surface area contributed by atoms with E-state index in [-0.39, 0.29) is 0 Å². The Morgan fingerprint density at radius 1 is 1.55 bits per heavy atom. The molecule has 0 atom stereocenters. The highest BCUT2D eigenvalue weighted by Crippen LogP contribution is 2.07. The summed E-state index contributed by atoms with van der Waals surface area (Å²) >= 11 is 0. The van der Waals surface area contributed by atoms with Gasteiger partial charge in [-0.1, -0.05) is 0 Å². The van der Waals surface area contributed by atoms with E-state index in [4.69, 9.17) is 5.26 Å². The van der Waals surface area contributed by atoms with Crippen molar-refractivity contribution in [3.05, 3.63) is 18.3 Å². The maximum Gasteiger partial charge on any atom is 0.125 e. The molecule has 0 bridgehead atoms. The Bertz CT molecular complexity index is 212. The maximum absolute atomic E-state index is 7.99. The van der Waals surface area contributed by atoms with E-state index in [9.17, 15) is 0 Å². The summed E-state index contributed by atoms with van der Waals surface area (Å²) in [6, 6.07) is 3.47. The maximum atomic E-state index is 7.99. The average Bonchev–Trinajstić information content (AvgIpc) is 2.07. The molecule has 0 fully saturated rings. The summed E-state index contributed by atoms with van der Waals surface area (Å²) in [5, 5.41) is 10.8. The molecule has 5 heteroatoms. The van der Waals surface area contributed by atoms with Crippen molar-refractivity contribution >= 4 is 11.5 Å². The molecular formula is C6H9N3O2. The molecule has 3 N–H and O–H groups in total. The van der Waals surface area contributed by atoms with Gasteiger partial charge < -0.3 is 5.32 Å². The van der Waals surface area contributed by atoms with E-state index in [1.54, 1.807) is 19.2 Å². The van der Waals surface area contributed by atoms with Crippen molar-refractivity contribution in [2.45, 2.75) is 0 Å². The first-order chi connectivity index (χ1) is 5.36. The molecule has 11 heavy (non-hydrogen) atoms. The van der Waals surface area contributed by atoms with E-state index in [1.807, 2.05) is 0 Å². The molecule has 0 amide bonds. The van der Waals surface area contributed by atoms with Gasteiger partial charge in [0.05, 0.1) is 11.9 Å². The molecule has 0 saturated carbocycles. The van der Waals surface area contributed by atoms with Gasteiger partial charge >= 0.3 is 0 Å². The fraction of sp³-hybridized carbons (Fsp3) is 0.167. The molecule has 1 rings (SSSR count). The Morgan fingerprint density at radius 3 is 2.82 bits per heavy atom. The highest BCUT2D eigenvalue weighted by molar-refractivity contribution is 5.45. The molecule has 1 aromatic heterocycles. The van der Waals surface area contributed by atoms with Gasteiger partial charge in [0.2, 0.25) is 0 Å². The van der Waals surface area contributed by atoms with Crippen LogP contribution in [0.1, 0.15) is 0 Å². The van der Waals surface area contributed by atoms with Crippen LogP contribution in [0.5, 0.6) is 0 Å². The van der Waals surface area contributed by atoms with Crippen molar-refractivity contribution in [3.8, 4) is 0 Å². The highest BCUT2D eigenvalue weighted by atomic mass is 17.2. The number of nitrogens with zero attached hydrogens (tertiary/aromatic N) is 1. The summed E-state index contributed by atoms with van der Waals surface area (Å²) in [6.07, 6.45) is 1.53. The van der Waals surface area contributed by atoms with Crippen LogP contribution in [0.4, 0.5) is 11.5 Å². The van der Waals surface area contributed by atoms with Gasteiger partial charge in [-0.2, -0.15) is 0 Å². The molecule has 0 aliphatic rings. The number of nitrogens with one attached hydrogen (secondary N) is 2. The number of pyridine rings is 1. The molecule has 1 aromatic rings. The molecule has 0 aromatic carbocycles. The van der Waals surface area contributed by atoms with Gasteiger partial charge in [0.15, 0.2) is 0 Å². The second-order valence-electron chi connectivity index (χ2n) is 1.88. The van der Waals surface area contributed by atoms with Gasteiger partial charge in [-0.15, -0.1) is 4.99 Å². The third kappa shape index (κ3) is 2.06. The minimum Gasteiger partial charge on any atom is -0.373 e. The van der Waals surface area contributed by atoms with Crippen LogP contribution in [0.2, 0.25) is 0 Å². The van der Waals surface area contributed by atoms with E-state index in [0.29, 0.717) is 5.69 Å². The van der Waals surface area contributed by atoms with Crippen LogP contribution in [0.3, 0.4) is 0 Å². The van der Waals surface area contributed by atoms with Crippen LogP contribution in [-0.4, -0.2) is 17.3 Å². The first-order valence-corrected chi connectivity index (χ1v) is 3.07. The minimum absolute atomic E-state index is 0.589. The number of hydrogen-bond donors (Lipinski definition) is 3. The zero-order valence-corrected chi connectivity index (χ0v) is 6.03. The highest BCUT2D eigenvalue weighted by Gasteiger charge is 1.91. The molecule has 0 aliphatic heterocycles. The molecule has 0 unspecified atom stereocenters. The fourth-order valence-electron chi connectivity index (χ4n) is 0.655. The predicted octanol–water partition coefficient (Wildman–Crippen LogP) is 0.940. The van der Waals surface area contributed by atoms with Crippen molar-refractivity contribution in [3.63, 3.8) is 0 Å². The summed E-state index contributed by atoms with van der Waals surface area (Å²) in [5.74, 6) is 0.758. The largest absolute Gasteiger partial charge is 0.373 e. The molecule has 60 valence electrons. The first-order valence-electron chi connectivity index (χ1n) is 3.07. The molecule has 0 saturated heterocycles. The number of aromatic nitrogens is 1. The van der Waals surface area contributed by atoms with Crippen molar-refractivity contribution in [1.82, 2.24) is 4.98 Å². The normalized spacial score (nSPS) is 9.27. The van der Waals surface area contributed by atoms with E-state index < -0.39 is 0 Å². The molecular weight excluding hydrogens is 146 g/mol. The van der Waals surface area contributed by atoms with Gasteiger partial charge in [0, 0.05) is 7.05 Å². The summed E-state index contributed by atoms with van der Waals surface area (Å²) in [6.45, 7) is 0. The SMILES string of the molecule is CNc1ccc(NOO)cn1. The van der Waals surface area contributed by atoms with E-state index in [2.05, 4.69) is 20.8 Å². The van der Waals surface area contributed by atoms with Crippen LogP contribution < -0.4 is 10.8 Å². The lowest BCUT2D eigenvalue weighted by molar-refractivity contribution is -0.215. The second-order valence-corrected chi connectivity index (χ2v) is 1.88. The Kier molecular flexibility index (Phi) is 2.65. The smallest absolute Gasteiger partial charge is 0.125 e. The summed E-state index contributed by atoms with van der Waals surface area (Å²) in [7, 11) is 1.78. The van der Waals surface area contributed by atoms with E-state index in [1.165, 1.54) is 6.20 Å². The van der Waals surface area contributed by atoms with Gasteiger partial charge in [0.25, 0.3) is 0 Å². The number of hydrogen-bond acceptors (Lipinski definition) is 5. The lowest BCUT2D eigenvalue weighted by Gasteiger charge is -2.01. The standard InChI is InChI=1S/C6H9N3O2/c1-7-6-3-2-5(4-8-6)9-11-10/h2-4,9-10H,1H3,(H,7,8). The quantitative estimate of drug-likeness (QED) is 0.447. The van der Waals surface area contributed by atoms with E-state index >= 15 is 0 Å². The third-order valence-corrected chi connectivity index (χ3v) is 1.18. The van der Waals surface area contributed by atoms with Crippen LogP contribution in [0.25, 0.3) is 0 Å². The molecule has 0 radical (unpaired) electrons. The summed E-state index contributed by atoms with van der Waals surface area (Å²) in [5.41, 5.74) is 2.81. The zero-order valence-electron chi connectivity index (χ0n) is 6.03. The Labute approximate surface area is 63.9 Å². The van der Waals surface area contributed by atoms with Crippen LogP contribution >= 0.6 is 0 Å². The average molecular weight is 155 g/mol. The van der Waals surface area contributed by atoms with Crippen molar-refractivity contribution in [1.29, 1.82) is 0 Å². The fourth-order valence-corrected chi connectivity index (χ4v) is 0.655. The minimum atomic E-state index is 0.589. The predicted molar refractivity (Wildman–Crippen MR) is 41.1 cm³/mol. The van der Waals surface area contributed by atoms with Crippen molar-refractivity contribution in [2.75, 3.05) is 17.8 Å². The second kappa shape index (κ2) is 3.75. The monoisotopic (exact) mass is 155 g/mol. The van der Waals surface area contributed by atoms with E-state index in [0.717, 1.165) is 5.82 Å². The Morgan fingerprint density at radius 2 is 2.36 bits per heavy atom. The lowest BCUT2D eigenvalue weighted by Crippen LogP contribution is -1.97. The molecule has 0 aliphatic carbocycles. The third-order valence-electron chi connectivity index (χ3n) is 1.18. The van der Waals surface area contributed by atoms with Gasteiger partial charge in [-0.3, -0.25) is 0 Å². The number of rotatable bonds is 3. The molecule has 0 spiro atoms. The van der Waals surface area contributed by atoms with Gasteiger partial charge in [-0.25, -0.2) is 15.7 Å². The number of anilines is 2. The van der Waals surface area contributed by atoms with Crippen molar-refractivity contribution < 1.29 is 10.2 Å². The first kappa shape index (κ1) is 7.77. The Hall–Kier alpha value is -1.33. The lowest BCUT2D eigenvalue weighted by atomic mass is 10.4. The van der Waals surface area contributed by atoms with Gasteiger partial charge in [-0.05, 0) is 12.1 Å². The van der Waals surface area contributed by atoms with Crippen LogP contribution in [-0.2, 0) is 4.99 Å². The zero-order chi connectivity index (χ0) is 8.10. The summed E-state index contributed by atoms with van der Waals surface area (Å²) < 4.78 is 0. The van der Waals surface area contributed by atoms with Crippen LogP contribution in [0, 0.1) is 0 Å². The summed E-state index contributed by atoms with van der Waals surface area (Å²) in [4.78, 5) is 7.64. The Balaban J connectivity index is 2.66. The topological polar surface area (TPSA) is 66.4 Å². The van der Waals surface area contributed by atoms with Crippen LogP contribution in [0.15, 0.2) is 18.3 Å². The molecule has 1 heterocycles. The van der Waals surface area contributed by atoms with Gasteiger partial charge in [0.1, 0.15) is 5.82 Å². The molecule has 5 nitrogen and oxygen atoms in total.